The van der Waals surface area contributed by atoms with Crippen LogP contribution in [0.15, 0.2) is 42.5 Å². The zero-order valence-corrected chi connectivity index (χ0v) is 14.6. The molecule has 2 aromatic carbocycles. The zero-order valence-electron chi connectivity index (χ0n) is 14.6. The molecule has 9 heteroatoms. The molecule has 28 heavy (non-hydrogen) atoms. The number of carboxylic acid groups (broad SMARTS) is 1. The molecule has 2 aromatic rings. The molecule has 1 aliphatic rings. The van der Waals surface area contributed by atoms with E-state index in [1.165, 1.54) is 36.4 Å². The van der Waals surface area contributed by atoms with Gasteiger partial charge in [-0.1, -0.05) is 18.2 Å². The summed E-state index contributed by atoms with van der Waals surface area (Å²) < 4.78 is 39.5. The third-order valence-electron chi connectivity index (χ3n) is 4.41. The summed E-state index contributed by atoms with van der Waals surface area (Å²) in [7, 11) is 0. The molecule has 0 spiro atoms. The molecular formula is C19H15F3N2O4. The van der Waals surface area contributed by atoms with E-state index in [0.717, 1.165) is 11.0 Å². The van der Waals surface area contributed by atoms with E-state index in [9.17, 15) is 27.6 Å². The van der Waals surface area contributed by atoms with Crippen LogP contribution in [0, 0.1) is 6.92 Å². The van der Waals surface area contributed by atoms with E-state index in [1.54, 1.807) is 6.92 Å². The molecule has 0 aliphatic carbocycles. The van der Waals surface area contributed by atoms with Crippen molar-refractivity contribution in [2.75, 3.05) is 10.2 Å². The van der Waals surface area contributed by atoms with Gasteiger partial charge >= 0.3 is 12.1 Å². The number of anilines is 2. The van der Waals surface area contributed by atoms with Crippen LogP contribution in [0.3, 0.4) is 0 Å². The standard InChI is InChI=1S/C19H15F3N2O4/c1-10-6-7-11(18(27)28)8-15(10)24-16(25)9-14(17(24)26)23-13-5-3-2-4-12(13)19(20,21)22/h2-8,14,23H,9H2,1H3,(H,27,28). The Hall–Kier alpha value is -3.36. The van der Waals surface area contributed by atoms with Gasteiger partial charge in [0.25, 0.3) is 5.91 Å². The first-order valence-electron chi connectivity index (χ1n) is 8.23. The van der Waals surface area contributed by atoms with Gasteiger partial charge < -0.3 is 10.4 Å². The minimum absolute atomic E-state index is 0.100. The summed E-state index contributed by atoms with van der Waals surface area (Å²) in [5.41, 5.74) is -0.775. The molecule has 3 rings (SSSR count). The highest BCUT2D eigenvalue weighted by atomic mass is 19.4. The van der Waals surface area contributed by atoms with Crippen LogP contribution < -0.4 is 10.2 Å². The summed E-state index contributed by atoms with van der Waals surface area (Å²) in [6.45, 7) is 1.60. The average molecular weight is 392 g/mol. The molecule has 6 nitrogen and oxygen atoms in total. The van der Waals surface area contributed by atoms with Crippen LogP contribution in [0.1, 0.15) is 27.9 Å². The lowest BCUT2D eigenvalue weighted by Gasteiger charge is -2.20. The van der Waals surface area contributed by atoms with Gasteiger partial charge in [-0.3, -0.25) is 9.59 Å². The highest BCUT2D eigenvalue weighted by Gasteiger charge is 2.42. The number of imide groups is 1. The van der Waals surface area contributed by atoms with Crippen LogP contribution in [0.2, 0.25) is 0 Å². The number of para-hydroxylation sites is 1. The number of carbonyl (C=O) groups is 3. The minimum Gasteiger partial charge on any atom is -0.478 e. The van der Waals surface area contributed by atoms with Crippen LogP contribution in [-0.4, -0.2) is 28.9 Å². The molecular weight excluding hydrogens is 377 g/mol. The summed E-state index contributed by atoms with van der Waals surface area (Å²) in [5, 5.41) is 11.6. The first-order valence-corrected chi connectivity index (χ1v) is 8.23. The van der Waals surface area contributed by atoms with Crippen molar-refractivity contribution in [1.82, 2.24) is 0 Å². The molecule has 1 heterocycles. The molecule has 0 radical (unpaired) electrons. The number of nitrogens with one attached hydrogen (secondary N) is 1. The number of nitrogens with zero attached hydrogens (tertiary/aromatic N) is 1. The lowest BCUT2D eigenvalue weighted by molar-refractivity contribution is -0.137. The van der Waals surface area contributed by atoms with Crippen LogP contribution in [0.5, 0.6) is 0 Å². The Bertz CT molecular complexity index is 972. The molecule has 2 amide bonds. The predicted molar refractivity (Wildman–Crippen MR) is 94.1 cm³/mol. The molecule has 2 N–H and O–H groups in total. The van der Waals surface area contributed by atoms with E-state index >= 15 is 0 Å². The van der Waals surface area contributed by atoms with Gasteiger partial charge in [0, 0.05) is 5.69 Å². The van der Waals surface area contributed by atoms with Crippen molar-refractivity contribution in [2.24, 2.45) is 0 Å². The van der Waals surface area contributed by atoms with Gasteiger partial charge in [-0.15, -0.1) is 0 Å². The van der Waals surface area contributed by atoms with Gasteiger partial charge in [0.05, 0.1) is 23.2 Å². The van der Waals surface area contributed by atoms with Gasteiger partial charge in [-0.2, -0.15) is 13.2 Å². The maximum Gasteiger partial charge on any atom is 0.418 e. The third kappa shape index (κ3) is 3.55. The smallest absolute Gasteiger partial charge is 0.418 e. The van der Waals surface area contributed by atoms with E-state index in [2.05, 4.69) is 5.32 Å². The Morgan fingerprint density at radius 1 is 1.18 bits per heavy atom. The molecule has 1 fully saturated rings. The minimum atomic E-state index is -4.62. The Morgan fingerprint density at radius 3 is 2.50 bits per heavy atom. The maximum absolute atomic E-state index is 13.2. The Kier molecular flexibility index (Phi) is 4.84. The van der Waals surface area contributed by atoms with Crippen molar-refractivity contribution >= 4 is 29.2 Å². The molecule has 0 saturated carbocycles. The number of amides is 2. The number of halogens is 3. The lowest BCUT2D eigenvalue weighted by Crippen LogP contribution is -2.35. The molecule has 0 aromatic heterocycles. The highest BCUT2D eigenvalue weighted by molar-refractivity contribution is 6.23. The number of carboxylic acids is 1. The van der Waals surface area contributed by atoms with Gasteiger partial charge in [-0.05, 0) is 36.8 Å². The van der Waals surface area contributed by atoms with Crippen molar-refractivity contribution in [3.63, 3.8) is 0 Å². The molecule has 146 valence electrons. The fraction of sp³-hybridized carbons (Fsp3) is 0.211. The maximum atomic E-state index is 13.2. The fourth-order valence-corrected chi connectivity index (χ4v) is 3.03. The third-order valence-corrected chi connectivity index (χ3v) is 4.41. The number of carbonyl (C=O) groups excluding carboxylic acids is 2. The van der Waals surface area contributed by atoms with E-state index < -0.39 is 35.6 Å². The summed E-state index contributed by atoms with van der Waals surface area (Å²) >= 11 is 0. The first-order chi connectivity index (χ1) is 13.1. The molecule has 1 saturated heterocycles. The molecule has 1 atom stereocenters. The highest BCUT2D eigenvalue weighted by Crippen LogP contribution is 2.36. The van der Waals surface area contributed by atoms with Crippen molar-refractivity contribution in [3.8, 4) is 0 Å². The van der Waals surface area contributed by atoms with Crippen LogP contribution >= 0.6 is 0 Å². The second-order valence-corrected chi connectivity index (χ2v) is 6.32. The van der Waals surface area contributed by atoms with E-state index in [1.807, 2.05) is 0 Å². The fourth-order valence-electron chi connectivity index (χ4n) is 3.03. The Balaban J connectivity index is 1.92. The van der Waals surface area contributed by atoms with Gasteiger partial charge in [0.2, 0.25) is 5.91 Å². The number of hydrogen-bond acceptors (Lipinski definition) is 4. The number of rotatable bonds is 4. The summed E-state index contributed by atoms with van der Waals surface area (Å²) in [6.07, 6.45) is -4.97. The summed E-state index contributed by atoms with van der Waals surface area (Å²) in [5.74, 6) is -2.60. The van der Waals surface area contributed by atoms with E-state index in [0.29, 0.717) is 5.56 Å². The Morgan fingerprint density at radius 2 is 1.86 bits per heavy atom. The van der Waals surface area contributed by atoms with Crippen molar-refractivity contribution in [1.29, 1.82) is 0 Å². The zero-order chi connectivity index (χ0) is 20.6. The lowest BCUT2D eigenvalue weighted by atomic mass is 10.1. The number of aromatic carboxylic acids is 1. The number of alkyl halides is 3. The number of hydrogen-bond donors (Lipinski definition) is 2. The molecule has 0 bridgehead atoms. The van der Waals surface area contributed by atoms with Gasteiger partial charge in [-0.25, -0.2) is 9.69 Å². The van der Waals surface area contributed by atoms with Crippen LogP contribution in [0.25, 0.3) is 0 Å². The van der Waals surface area contributed by atoms with Crippen molar-refractivity contribution in [3.05, 3.63) is 59.2 Å². The average Bonchev–Trinajstić information content (AvgIpc) is 2.88. The van der Waals surface area contributed by atoms with E-state index in [4.69, 9.17) is 5.11 Å². The summed E-state index contributed by atoms with van der Waals surface area (Å²) in [6, 6.07) is 7.46. The first kappa shape index (κ1) is 19.4. The van der Waals surface area contributed by atoms with Crippen molar-refractivity contribution < 1.29 is 32.7 Å². The second-order valence-electron chi connectivity index (χ2n) is 6.32. The quantitative estimate of drug-likeness (QED) is 0.779. The topological polar surface area (TPSA) is 86.7 Å². The predicted octanol–water partition coefficient (Wildman–Crippen LogP) is 3.46. The van der Waals surface area contributed by atoms with Crippen molar-refractivity contribution in [2.45, 2.75) is 25.6 Å². The second kappa shape index (κ2) is 6.99. The monoisotopic (exact) mass is 392 g/mol. The number of aryl methyl sites for hydroxylation is 1. The van der Waals surface area contributed by atoms with Gasteiger partial charge in [0.1, 0.15) is 6.04 Å². The summed E-state index contributed by atoms with van der Waals surface area (Å²) in [4.78, 5) is 37.1. The molecule has 1 aliphatic heterocycles. The number of benzene rings is 2. The SMILES string of the molecule is Cc1ccc(C(=O)O)cc1N1C(=O)CC(Nc2ccccc2C(F)(F)F)C1=O. The van der Waals surface area contributed by atoms with Crippen LogP contribution in [0.4, 0.5) is 24.5 Å². The van der Waals surface area contributed by atoms with Crippen LogP contribution in [-0.2, 0) is 15.8 Å². The largest absolute Gasteiger partial charge is 0.478 e. The normalized spacial score (nSPS) is 17.1. The van der Waals surface area contributed by atoms with Gasteiger partial charge in [0.15, 0.2) is 0 Å². The van der Waals surface area contributed by atoms with E-state index in [-0.39, 0.29) is 23.4 Å². The Labute approximate surface area is 157 Å². The molecule has 1 unspecified atom stereocenters.